The Morgan fingerprint density at radius 2 is 1.66 bits per heavy atom. The first kappa shape index (κ1) is 27.3. The van der Waals surface area contributed by atoms with Crippen LogP contribution in [0.2, 0.25) is 0 Å². The number of amides is 1. The molecule has 1 saturated carbocycles. The van der Waals surface area contributed by atoms with Gasteiger partial charge in [0.2, 0.25) is 5.91 Å². The lowest BCUT2D eigenvalue weighted by molar-refractivity contribution is -0.220. The fraction of sp³-hybridized carbons (Fsp3) is 0.625. The van der Waals surface area contributed by atoms with Crippen LogP contribution in [-0.2, 0) is 11.0 Å². The first-order valence-corrected chi connectivity index (χ1v) is 11.7. The van der Waals surface area contributed by atoms with Gasteiger partial charge in [-0.25, -0.2) is 4.39 Å². The number of carbonyl (C=O) groups is 1. The van der Waals surface area contributed by atoms with E-state index in [1.54, 1.807) is 0 Å². The van der Waals surface area contributed by atoms with Crippen LogP contribution in [0.15, 0.2) is 24.8 Å². The quantitative estimate of drug-likeness (QED) is 0.464. The summed E-state index contributed by atoms with van der Waals surface area (Å²) in [5.74, 6) is -1.72. The Balaban J connectivity index is 1.40. The van der Waals surface area contributed by atoms with Crippen molar-refractivity contribution < 1.29 is 35.5 Å². The summed E-state index contributed by atoms with van der Waals surface area (Å²) in [5, 5.41) is 5.46. The number of hydrogen-bond donors (Lipinski definition) is 2. The van der Waals surface area contributed by atoms with Crippen molar-refractivity contribution in [2.45, 2.75) is 50.9 Å². The molecule has 196 valence electrons. The third kappa shape index (κ3) is 6.68. The summed E-state index contributed by atoms with van der Waals surface area (Å²) in [5.41, 5.74) is -3.11. The highest BCUT2D eigenvalue weighted by atomic mass is 19.4. The van der Waals surface area contributed by atoms with Crippen molar-refractivity contribution >= 4 is 11.6 Å². The molecule has 0 spiro atoms. The molecular formula is C24H30F7N3O. The Labute approximate surface area is 199 Å². The number of nitrogens with zero attached hydrogens (tertiary/aromatic N) is 1. The number of alkyl halides is 6. The molecule has 1 saturated heterocycles. The fourth-order valence-corrected chi connectivity index (χ4v) is 4.83. The average molecular weight is 510 g/mol. The molecule has 3 rings (SSSR count). The van der Waals surface area contributed by atoms with Crippen molar-refractivity contribution in [1.29, 1.82) is 0 Å². The van der Waals surface area contributed by atoms with E-state index in [9.17, 15) is 35.5 Å². The van der Waals surface area contributed by atoms with E-state index >= 15 is 0 Å². The lowest BCUT2D eigenvalue weighted by atomic mass is 9.84. The minimum Gasteiger partial charge on any atom is -0.385 e. The predicted molar refractivity (Wildman–Crippen MR) is 118 cm³/mol. The van der Waals surface area contributed by atoms with Gasteiger partial charge < -0.3 is 15.5 Å². The molecule has 2 fully saturated rings. The van der Waals surface area contributed by atoms with Gasteiger partial charge in [0, 0.05) is 30.9 Å². The molecule has 0 aromatic heterocycles. The molecule has 1 heterocycles. The van der Waals surface area contributed by atoms with Crippen LogP contribution in [0, 0.1) is 17.2 Å². The maximum atomic E-state index is 13.6. The smallest absolute Gasteiger partial charge is 0.385 e. The summed E-state index contributed by atoms with van der Waals surface area (Å²) in [6.45, 7) is 6.11. The van der Waals surface area contributed by atoms with Gasteiger partial charge in [0.1, 0.15) is 11.2 Å². The number of benzene rings is 1. The number of hydrogen-bond acceptors (Lipinski definition) is 3. The van der Waals surface area contributed by atoms with Gasteiger partial charge in [-0.1, -0.05) is 19.4 Å². The Hall–Kier alpha value is -2.30. The number of carbonyl (C=O) groups excluding carboxylic acids is 1. The molecule has 0 radical (unpaired) electrons. The second kappa shape index (κ2) is 10.8. The molecular weight excluding hydrogens is 479 g/mol. The van der Waals surface area contributed by atoms with Gasteiger partial charge >= 0.3 is 12.4 Å². The number of likely N-dealkylation sites (tertiary alicyclic amines) is 1. The summed E-state index contributed by atoms with van der Waals surface area (Å²) in [7, 11) is 0. The topological polar surface area (TPSA) is 44.4 Å². The zero-order valence-corrected chi connectivity index (χ0v) is 19.3. The van der Waals surface area contributed by atoms with Gasteiger partial charge in [0.05, 0.1) is 5.56 Å². The highest BCUT2D eigenvalue weighted by Crippen LogP contribution is 2.50. The fourth-order valence-electron chi connectivity index (χ4n) is 4.83. The van der Waals surface area contributed by atoms with Gasteiger partial charge in [0.15, 0.2) is 0 Å². The molecule has 1 aliphatic heterocycles. The molecule has 1 amide bonds. The average Bonchev–Trinajstić information content (AvgIpc) is 3.29. The minimum atomic E-state index is -4.66. The number of halogens is 7. The maximum Gasteiger partial charge on any atom is 0.416 e. The van der Waals surface area contributed by atoms with E-state index in [0.29, 0.717) is 45.1 Å². The monoisotopic (exact) mass is 509 g/mol. The zero-order chi connectivity index (χ0) is 25.9. The van der Waals surface area contributed by atoms with Gasteiger partial charge in [-0.15, -0.1) is 0 Å². The molecule has 0 bridgehead atoms. The van der Waals surface area contributed by atoms with E-state index in [1.165, 1.54) is 0 Å². The first-order valence-electron chi connectivity index (χ1n) is 11.7. The van der Waals surface area contributed by atoms with E-state index in [2.05, 4.69) is 22.1 Å². The minimum absolute atomic E-state index is 0.0318. The molecule has 0 atom stereocenters. The molecule has 35 heavy (non-hydrogen) atoms. The third-order valence-electron chi connectivity index (χ3n) is 7.03. The molecule has 1 aromatic carbocycles. The van der Waals surface area contributed by atoms with E-state index in [0.717, 1.165) is 25.0 Å². The summed E-state index contributed by atoms with van der Waals surface area (Å²) in [6.07, 6.45) is -7.24. The van der Waals surface area contributed by atoms with Crippen molar-refractivity contribution in [3.63, 3.8) is 0 Å². The first-order chi connectivity index (χ1) is 16.3. The standard InChI is InChI=1S/C24H30F7N3O/c1-16(18-12-19(23(26,27)28)14-20(25)13-18)33-15-17-4-9-34(10-5-17)11-8-32-21(35)22(24(29,30)31)6-2-3-7-22/h12-14,17,33H,1-11,15H2,(H,32,35). The maximum absolute atomic E-state index is 13.6. The van der Waals surface area contributed by atoms with Crippen LogP contribution in [0.25, 0.3) is 5.70 Å². The van der Waals surface area contributed by atoms with Crippen LogP contribution in [0.1, 0.15) is 49.7 Å². The Kier molecular flexibility index (Phi) is 8.39. The molecule has 2 aliphatic rings. The summed E-state index contributed by atoms with van der Waals surface area (Å²) >= 11 is 0. The zero-order valence-electron chi connectivity index (χ0n) is 19.3. The van der Waals surface area contributed by atoms with Crippen molar-refractivity contribution in [1.82, 2.24) is 15.5 Å². The molecule has 11 heteroatoms. The van der Waals surface area contributed by atoms with Crippen LogP contribution in [0.3, 0.4) is 0 Å². The normalized spacial score (nSPS) is 19.5. The SMILES string of the molecule is C=C(NCC1CCN(CCNC(=O)C2(C(F)(F)F)CCCC2)CC1)c1cc(F)cc(C(F)(F)F)c1. The van der Waals surface area contributed by atoms with Crippen LogP contribution < -0.4 is 10.6 Å². The van der Waals surface area contributed by atoms with E-state index in [4.69, 9.17) is 0 Å². The highest BCUT2D eigenvalue weighted by Gasteiger charge is 2.60. The number of rotatable bonds is 8. The second-order valence-corrected chi connectivity index (χ2v) is 9.41. The number of nitrogens with one attached hydrogen (secondary N) is 2. The van der Waals surface area contributed by atoms with Crippen LogP contribution >= 0.6 is 0 Å². The molecule has 4 nitrogen and oxygen atoms in total. The van der Waals surface area contributed by atoms with E-state index < -0.39 is 35.1 Å². The Morgan fingerprint density at radius 1 is 1.03 bits per heavy atom. The summed E-state index contributed by atoms with van der Waals surface area (Å²) in [6, 6.07) is 2.28. The molecule has 1 aliphatic carbocycles. The van der Waals surface area contributed by atoms with Gasteiger partial charge in [-0.3, -0.25) is 4.79 Å². The van der Waals surface area contributed by atoms with Crippen molar-refractivity contribution in [2.24, 2.45) is 11.3 Å². The molecule has 1 aromatic rings. The van der Waals surface area contributed by atoms with E-state index in [-0.39, 0.29) is 36.6 Å². The van der Waals surface area contributed by atoms with Crippen LogP contribution in [0.4, 0.5) is 30.7 Å². The van der Waals surface area contributed by atoms with Gasteiger partial charge in [-0.2, -0.15) is 26.3 Å². The summed E-state index contributed by atoms with van der Waals surface area (Å²) in [4.78, 5) is 14.4. The van der Waals surface area contributed by atoms with Crippen LogP contribution in [0.5, 0.6) is 0 Å². The largest absolute Gasteiger partial charge is 0.416 e. The second-order valence-electron chi connectivity index (χ2n) is 9.41. The van der Waals surface area contributed by atoms with E-state index in [1.807, 2.05) is 0 Å². The Bertz CT molecular complexity index is 899. The van der Waals surface area contributed by atoms with Crippen molar-refractivity contribution in [3.05, 3.63) is 41.7 Å². The molecule has 0 unspecified atom stereocenters. The lowest BCUT2D eigenvalue weighted by Crippen LogP contribution is -2.50. The van der Waals surface area contributed by atoms with Gasteiger partial charge in [0.25, 0.3) is 0 Å². The summed E-state index contributed by atoms with van der Waals surface area (Å²) < 4.78 is 92.8. The van der Waals surface area contributed by atoms with Gasteiger partial charge in [-0.05, 0) is 62.9 Å². The number of piperidine rings is 1. The lowest BCUT2D eigenvalue weighted by Gasteiger charge is -2.33. The predicted octanol–water partition coefficient (Wildman–Crippen LogP) is 5.36. The molecule has 2 N–H and O–H groups in total. The third-order valence-corrected chi connectivity index (χ3v) is 7.03. The Morgan fingerprint density at radius 3 is 2.23 bits per heavy atom. The van der Waals surface area contributed by atoms with Crippen LogP contribution in [-0.4, -0.2) is 49.7 Å². The van der Waals surface area contributed by atoms with Crippen molar-refractivity contribution in [2.75, 3.05) is 32.7 Å². The van der Waals surface area contributed by atoms with Crippen molar-refractivity contribution in [3.8, 4) is 0 Å². The highest BCUT2D eigenvalue weighted by molar-refractivity contribution is 5.83.